The molecule has 1 unspecified atom stereocenters. The van der Waals surface area contributed by atoms with Gasteiger partial charge in [0.2, 0.25) is 5.88 Å². The zero-order valence-electron chi connectivity index (χ0n) is 17.2. The van der Waals surface area contributed by atoms with E-state index in [1.54, 1.807) is 7.05 Å². The van der Waals surface area contributed by atoms with E-state index in [4.69, 9.17) is 9.88 Å². The van der Waals surface area contributed by atoms with Gasteiger partial charge in [-0.1, -0.05) is 0 Å². The van der Waals surface area contributed by atoms with Crippen LogP contribution >= 0.6 is 0 Å². The molecule has 10 nitrogen and oxygen atoms in total. The topological polar surface area (TPSA) is 137 Å². The van der Waals surface area contributed by atoms with Gasteiger partial charge in [-0.15, -0.1) is 4.36 Å². The number of aryl methyl sites for hydroxylation is 1. The smallest absolute Gasteiger partial charge is 0.433 e. The van der Waals surface area contributed by atoms with Crippen molar-refractivity contribution in [2.24, 2.45) is 14.5 Å². The molecule has 0 saturated carbocycles. The number of fused-ring (bicyclic) bond motifs is 2. The average Bonchev–Trinajstić information content (AvgIpc) is 3.35. The largest absolute Gasteiger partial charge is 0.471 e. The number of halogens is 3. The van der Waals surface area contributed by atoms with Crippen LogP contribution in [0.5, 0.6) is 5.88 Å². The van der Waals surface area contributed by atoms with Gasteiger partial charge >= 0.3 is 12.2 Å². The lowest BCUT2D eigenvalue weighted by Gasteiger charge is -2.18. The second-order valence-corrected chi connectivity index (χ2v) is 9.14. The molecule has 2 aliphatic rings. The summed E-state index contributed by atoms with van der Waals surface area (Å²) in [6.07, 6.45) is -2.06. The van der Waals surface area contributed by atoms with Gasteiger partial charge in [0.1, 0.15) is 17.2 Å². The Bertz CT molecular complexity index is 1260. The number of pyridine rings is 1. The van der Waals surface area contributed by atoms with E-state index in [2.05, 4.69) is 24.8 Å². The highest BCUT2D eigenvalue weighted by Gasteiger charge is 2.38. The SMILES string of the molecule is CN=C1COc2c(S(N)(=O)=NC(=O)Nc3c(C)c(C(F)(F)F)nc4c3CCC4)cnn2C1. The molecule has 14 heteroatoms. The molecule has 2 amide bonds. The van der Waals surface area contributed by atoms with Gasteiger partial charge in [-0.25, -0.2) is 23.8 Å². The summed E-state index contributed by atoms with van der Waals surface area (Å²) < 4.78 is 63.7. The van der Waals surface area contributed by atoms with Crippen LogP contribution in [-0.2, 0) is 35.5 Å². The second-order valence-electron chi connectivity index (χ2n) is 7.38. The number of carbonyl (C=O) groups is 1. The Morgan fingerprint density at radius 2 is 2.12 bits per heavy atom. The van der Waals surface area contributed by atoms with Crippen molar-refractivity contribution < 1.29 is 26.9 Å². The maximum atomic E-state index is 13.4. The van der Waals surface area contributed by atoms with Crippen LogP contribution in [0, 0.1) is 6.92 Å². The number of hydrogen-bond donors (Lipinski definition) is 2. The molecule has 0 radical (unpaired) electrons. The monoisotopic (exact) mass is 471 g/mol. The molecule has 0 fully saturated rings. The Morgan fingerprint density at radius 3 is 2.81 bits per heavy atom. The molecule has 0 aromatic carbocycles. The Labute approximate surface area is 181 Å². The molecule has 32 heavy (non-hydrogen) atoms. The molecule has 1 aliphatic heterocycles. The third kappa shape index (κ3) is 3.95. The van der Waals surface area contributed by atoms with E-state index in [1.165, 1.54) is 17.8 Å². The van der Waals surface area contributed by atoms with Gasteiger partial charge in [0, 0.05) is 18.3 Å². The van der Waals surface area contributed by atoms with Gasteiger partial charge in [0.15, 0.2) is 9.92 Å². The van der Waals surface area contributed by atoms with E-state index in [9.17, 15) is 22.2 Å². The van der Waals surface area contributed by atoms with E-state index in [0.717, 1.165) is 0 Å². The number of nitrogens with zero attached hydrogens (tertiary/aromatic N) is 5. The second kappa shape index (κ2) is 7.85. The Hall–Kier alpha value is -3.00. The van der Waals surface area contributed by atoms with Crippen LogP contribution in [-0.4, -0.2) is 44.4 Å². The molecule has 172 valence electrons. The minimum absolute atomic E-state index is 0.0270. The standard InChI is InChI=1S/C18H20F3N7O3S/c1-9-14(11-4-3-5-12(11)25-15(9)18(19,20)21)26-17(29)27-32(22,30)13-6-24-28-7-10(23-2)8-31-16(13)28/h6H,3-5,7-8H2,1-2H3,(H3,22,25,26,27,29,30). The third-order valence-corrected chi connectivity index (χ3v) is 6.63. The van der Waals surface area contributed by atoms with Crippen LogP contribution < -0.4 is 15.2 Å². The van der Waals surface area contributed by atoms with Gasteiger partial charge in [0.05, 0.1) is 24.1 Å². The molecule has 3 heterocycles. The number of alkyl halides is 3. The normalized spacial score (nSPS) is 18.5. The molecular weight excluding hydrogens is 451 g/mol. The van der Waals surface area contributed by atoms with Crippen molar-refractivity contribution in [1.29, 1.82) is 0 Å². The van der Waals surface area contributed by atoms with Crippen molar-refractivity contribution >= 4 is 27.3 Å². The fourth-order valence-corrected chi connectivity index (χ4v) is 4.76. The van der Waals surface area contributed by atoms with Crippen molar-refractivity contribution in [2.75, 3.05) is 19.0 Å². The van der Waals surface area contributed by atoms with Crippen LogP contribution in [0.4, 0.5) is 23.7 Å². The molecule has 0 bridgehead atoms. The number of carbonyl (C=O) groups excluding carboxylic acids is 1. The zero-order valence-corrected chi connectivity index (χ0v) is 18.0. The number of amides is 2. The van der Waals surface area contributed by atoms with Gasteiger partial charge in [-0.05, 0) is 31.7 Å². The summed E-state index contributed by atoms with van der Waals surface area (Å²) in [4.78, 5) is 20.3. The summed E-state index contributed by atoms with van der Waals surface area (Å²) in [5.41, 5.74) is 0.158. The molecule has 1 aliphatic carbocycles. The number of aliphatic imine (C=N–C) groups is 1. The third-order valence-electron chi connectivity index (χ3n) is 5.29. The predicted molar refractivity (Wildman–Crippen MR) is 109 cm³/mol. The first-order chi connectivity index (χ1) is 15.0. The van der Waals surface area contributed by atoms with E-state index in [0.29, 0.717) is 37.1 Å². The van der Waals surface area contributed by atoms with E-state index in [-0.39, 0.29) is 34.3 Å². The van der Waals surface area contributed by atoms with E-state index in [1.807, 2.05) is 0 Å². The molecule has 0 spiro atoms. The minimum atomic E-state index is -4.69. The van der Waals surface area contributed by atoms with Crippen LogP contribution in [0.15, 0.2) is 20.4 Å². The lowest BCUT2D eigenvalue weighted by molar-refractivity contribution is -0.141. The maximum absolute atomic E-state index is 13.4. The molecule has 3 N–H and O–H groups in total. The summed E-state index contributed by atoms with van der Waals surface area (Å²) >= 11 is 0. The van der Waals surface area contributed by atoms with E-state index < -0.39 is 27.8 Å². The Balaban J connectivity index is 1.68. The van der Waals surface area contributed by atoms with Gasteiger partial charge in [-0.2, -0.15) is 18.3 Å². The van der Waals surface area contributed by atoms with Crippen LogP contribution in [0.25, 0.3) is 0 Å². The Kier molecular flexibility index (Phi) is 5.45. The summed E-state index contributed by atoms with van der Waals surface area (Å²) in [5.74, 6) is 0.0989. The molecular formula is C18H20F3N7O3S. The number of nitrogens with two attached hydrogens (primary N) is 1. The lowest BCUT2D eigenvalue weighted by atomic mass is 10.1. The molecule has 4 rings (SSSR count). The maximum Gasteiger partial charge on any atom is 0.433 e. The van der Waals surface area contributed by atoms with Crippen molar-refractivity contribution in [2.45, 2.75) is 43.8 Å². The fourth-order valence-electron chi connectivity index (χ4n) is 3.75. The highest BCUT2D eigenvalue weighted by molar-refractivity contribution is 7.91. The molecule has 2 aromatic rings. The van der Waals surface area contributed by atoms with Crippen molar-refractivity contribution in [1.82, 2.24) is 14.8 Å². The molecule has 1 atom stereocenters. The predicted octanol–water partition coefficient (Wildman–Crippen LogP) is 2.49. The summed E-state index contributed by atoms with van der Waals surface area (Å²) in [7, 11) is -2.19. The average molecular weight is 471 g/mol. The lowest BCUT2D eigenvalue weighted by Crippen LogP contribution is -2.27. The number of hydrogen-bond acceptors (Lipinski definition) is 6. The number of rotatable bonds is 2. The number of ether oxygens (including phenoxy) is 1. The number of aromatic nitrogens is 3. The number of urea groups is 1. The van der Waals surface area contributed by atoms with Gasteiger partial charge < -0.3 is 10.1 Å². The van der Waals surface area contributed by atoms with Crippen molar-refractivity contribution in [3.8, 4) is 5.88 Å². The van der Waals surface area contributed by atoms with Crippen molar-refractivity contribution in [3.63, 3.8) is 0 Å². The summed E-state index contributed by atoms with van der Waals surface area (Å²) in [5, 5.41) is 12.2. The molecule has 2 aromatic heterocycles. The quantitative estimate of drug-likeness (QED) is 0.693. The highest BCUT2D eigenvalue weighted by atomic mass is 32.2. The van der Waals surface area contributed by atoms with E-state index >= 15 is 0 Å². The highest BCUT2D eigenvalue weighted by Crippen LogP contribution is 2.39. The van der Waals surface area contributed by atoms with Crippen molar-refractivity contribution in [3.05, 3.63) is 28.7 Å². The summed E-state index contributed by atoms with van der Waals surface area (Å²) in [6, 6.07) is -1.14. The van der Waals surface area contributed by atoms with Crippen LogP contribution in [0.2, 0.25) is 0 Å². The fraction of sp³-hybridized carbons (Fsp3) is 0.444. The van der Waals surface area contributed by atoms with Crippen LogP contribution in [0.1, 0.15) is 28.9 Å². The van der Waals surface area contributed by atoms with Crippen LogP contribution in [0.3, 0.4) is 0 Å². The zero-order chi connectivity index (χ0) is 23.3. The van der Waals surface area contributed by atoms with Gasteiger partial charge in [0.25, 0.3) is 0 Å². The number of nitrogens with one attached hydrogen (secondary N) is 1. The number of anilines is 1. The first-order valence-electron chi connectivity index (χ1n) is 9.60. The minimum Gasteiger partial charge on any atom is -0.471 e. The van der Waals surface area contributed by atoms with Gasteiger partial charge in [-0.3, -0.25) is 4.99 Å². The molecule has 0 saturated heterocycles. The Morgan fingerprint density at radius 1 is 1.38 bits per heavy atom. The summed E-state index contributed by atoms with van der Waals surface area (Å²) in [6.45, 7) is 1.66. The first kappa shape index (κ1) is 22.2. The first-order valence-corrected chi connectivity index (χ1v) is 11.2.